The molecule has 0 aliphatic rings. The topological polar surface area (TPSA) is 78.1 Å². The molecule has 2 heterocycles. The lowest BCUT2D eigenvalue weighted by Crippen LogP contribution is -2.00. The van der Waals surface area contributed by atoms with Crippen LogP contribution in [0, 0.1) is 12.8 Å². The molecule has 0 fully saturated rings. The molecule has 25 heavy (non-hydrogen) atoms. The Hall–Kier alpha value is -2.54. The molecule has 0 spiro atoms. The number of hydrogen-bond donors (Lipinski definition) is 0. The molecule has 7 heteroatoms. The van der Waals surface area contributed by atoms with Crippen molar-refractivity contribution >= 4 is 17.3 Å². The van der Waals surface area contributed by atoms with Crippen molar-refractivity contribution in [3.8, 4) is 22.2 Å². The predicted octanol–water partition coefficient (Wildman–Crippen LogP) is 4.15. The van der Waals surface area contributed by atoms with Crippen LogP contribution in [0.25, 0.3) is 22.2 Å². The molecule has 1 aromatic carbocycles. The second-order valence-electron chi connectivity index (χ2n) is 6.11. The maximum Gasteiger partial charge on any atom is 0.337 e. The summed E-state index contributed by atoms with van der Waals surface area (Å²) in [4.78, 5) is 21.5. The molecule has 0 bridgehead atoms. The fourth-order valence-corrected chi connectivity index (χ4v) is 3.59. The van der Waals surface area contributed by atoms with E-state index in [0.29, 0.717) is 23.2 Å². The van der Waals surface area contributed by atoms with Crippen LogP contribution in [0.5, 0.6) is 0 Å². The summed E-state index contributed by atoms with van der Waals surface area (Å²) >= 11 is 1.59. The quantitative estimate of drug-likeness (QED) is 0.638. The van der Waals surface area contributed by atoms with Crippen LogP contribution in [0.2, 0.25) is 0 Å². The zero-order chi connectivity index (χ0) is 18.0. The van der Waals surface area contributed by atoms with Crippen molar-refractivity contribution in [1.29, 1.82) is 0 Å². The van der Waals surface area contributed by atoms with Crippen molar-refractivity contribution in [3.63, 3.8) is 0 Å². The molecule has 3 rings (SSSR count). The predicted molar refractivity (Wildman–Crippen MR) is 95.5 cm³/mol. The largest absolute Gasteiger partial charge is 0.465 e. The Morgan fingerprint density at radius 2 is 1.96 bits per heavy atom. The number of carbonyl (C=O) groups excluding carboxylic acids is 1. The fourth-order valence-electron chi connectivity index (χ4n) is 2.39. The van der Waals surface area contributed by atoms with E-state index in [9.17, 15) is 4.79 Å². The normalized spacial score (nSPS) is 11.1. The highest BCUT2D eigenvalue weighted by atomic mass is 32.1. The number of thiazole rings is 1. The first-order valence-corrected chi connectivity index (χ1v) is 8.78. The van der Waals surface area contributed by atoms with Crippen LogP contribution in [0.15, 0.2) is 28.8 Å². The van der Waals surface area contributed by atoms with E-state index in [4.69, 9.17) is 9.26 Å². The smallest absolute Gasteiger partial charge is 0.337 e. The van der Waals surface area contributed by atoms with Gasteiger partial charge in [-0.3, -0.25) is 0 Å². The van der Waals surface area contributed by atoms with Crippen LogP contribution >= 0.6 is 11.3 Å². The van der Waals surface area contributed by atoms with Crippen molar-refractivity contribution in [1.82, 2.24) is 15.1 Å². The number of hydrogen-bond acceptors (Lipinski definition) is 7. The van der Waals surface area contributed by atoms with Gasteiger partial charge in [-0.15, -0.1) is 11.3 Å². The lowest BCUT2D eigenvalue weighted by molar-refractivity contribution is 0.0601. The van der Waals surface area contributed by atoms with Crippen LogP contribution in [0.3, 0.4) is 0 Å². The second-order valence-corrected chi connectivity index (χ2v) is 7.20. The maximum atomic E-state index is 11.5. The molecular weight excluding hydrogens is 338 g/mol. The fraction of sp³-hybridized carbons (Fsp3) is 0.333. The third-order valence-corrected chi connectivity index (χ3v) is 4.78. The van der Waals surface area contributed by atoms with E-state index in [1.54, 1.807) is 35.6 Å². The van der Waals surface area contributed by atoms with Crippen LogP contribution < -0.4 is 0 Å². The molecule has 0 N–H and O–H groups in total. The average molecular weight is 357 g/mol. The molecule has 130 valence electrons. The number of aromatic nitrogens is 3. The number of benzene rings is 1. The third kappa shape index (κ3) is 3.76. The summed E-state index contributed by atoms with van der Waals surface area (Å²) in [6.45, 7) is 6.28. The van der Waals surface area contributed by atoms with Crippen molar-refractivity contribution in [2.24, 2.45) is 5.92 Å². The Morgan fingerprint density at radius 1 is 1.24 bits per heavy atom. The minimum Gasteiger partial charge on any atom is -0.465 e. The molecule has 0 aliphatic heterocycles. The third-order valence-electron chi connectivity index (χ3n) is 3.61. The molecule has 0 saturated carbocycles. The van der Waals surface area contributed by atoms with Crippen LogP contribution in [-0.2, 0) is 11.2 Å². The van der Waals surface area contributed by atoms with Gasteiger partial charge in [0.15, 0.2) is 0 Å². The van der Waals surface area contributed by atoms with E-state index in [0.717, 1.165) is 27.6 Å². The standard InChI is InChI=1S/C18H19N3O3S/c1-10(2)9-14-19-11(3)15(25-14)17-20-16(21-24-17)12-5-7-13(8-6-12)18(22)23-4/h5-8,10H,9H2,1-4H3. The zero-order valence-electron chi connectivity index (χ0n) is 14.6. The first kappa shape index (κ1) is 17.3. The first-order valence-electron chi connectivity index (χ1n) is 7.97. The van der Waals surface area contributed by atoms with Gasteiger partial charge in [-0.1, -0.05) is 31.1 Å². The van der Waals surface area contributed by atoms with E-state index in [-0.39, 0.29) is 5.97 Å². The highest BCUT2D eigenvalue weighted by molar-refractivity contribution is 7.15. The minimum atomic E-state index is -0.377. The SMILES string of the molecule is COC(=O)c1ccc(-c2noc(-c3sc(CC(C)C)nc3C)n2)cc1. The molecule has 0 atom stereocenters. The van der Waals surface area contributed by atoms with E-state index in [1.165, 1.54) is 7.11 Å². The second kappa shape index (κ2) is 7.14. The summed E-state index contributed by atoms with van der Waals surface area (Å²) < 4.78 is 10.1. The number of esters is 1. The summed E-state index contributed by atoms with van der Waals surface area (Å²) in [7, 11) is 1.35. The van der Waals surface area contributed by atoms with Crippen molar-refractivity contribution in [2.45, 2.75) is 27.2 Å². The van der Waals surface area contributed by atoms with Gasteiger partial charge in [0.1, 0.15) is 4.88 Å². The van der Waals surface area contributed by atoms with Gasteiger partial charge >= 0.3 is 5.97 Å². The highest BCUT2D eigenvalue weighted by Gasteiger charge is 2.18. The van der Waals surface area contributed by atoms with Crippen molar-refractivity contribution in [2.75, 3.05) is 7.11 Å². The van der Waals surface area contributed by atoms with Crippen molar-refractivity contribution in [3.05, 3.63) is 40.5 Å². The van der Waals surface area contributed by atoms with Gasteiger partial charge < -0.3 is 9.26 Å². The van der Waals surface area contributed by atoms with Crippen molar-refractivity contribution < 1.29 is 14.1 Å². The Morgan fingerprint density at radius 3 is 2.60 bits per heavy atom. The van der Waals surface area contributed by atoms with Gasteiger partial charge in [0.2, 0.25) is 5.82 Å². The zero-order valence-corrected chi connectivity index (χ0v) is 15.4. The monoisotopic (exact) mass is 357 g/mol. The van der Waals surface area contributed by atoms with Crippen LogP contribution in [0.1, 0.15) is 34.9 Å². The molecule has 3 aromatic rings. The van der Waals surface area contributed by atoms with E-state index < -0.39 is 0 Å². The summed E-state index contributed by atoms with van der Waals surface area (Å²) in [5.41, 5.74) is 2.15. The number of carbonyl (C=O) groups is 1. The maximum absolute atomic E-state index is 11.5. The van der Waals surface area contributed by atoms with Gasteiger partial charge in [-0.2, -0.15) is 4.98 Å². The van der Waals surface area contributed by atoms with E-state index >= 15 is 0 Å². The molecule has 0 saturated heterocycles. The molecular formula is C18H19N3O3S. The molecule has 0 aliphatic carbocycles. The summed E-state index contributed by atoms with van der Waals surface area (Å²) in [6.07, 6.45) is 0.932. The average Bonchev–Trinajstić information content (AvgIpc) is 3.20. The molecule has 0 radical (unpaired) electrons. The minimum absolute atomic E-state index is 0.377. The van der Waals surface area contributed by atoms with Crippen LogP contribution in [-0.4, -0.2) is 28.2 Å². The highest BCUT2D eigenvalue weighted by Crippen LogP contribution is 2.31. The lowest BCUT2D eigenvalue weighted by atomic mass is 10.1. The molecule has 2 aromatic heterocycles. The number of methoxy groups -OCH3 is 1. The first-order chi connectivity index (χ1) is 12.0. The molecule has 0 unspecified atom stereocenters. The van der Waals surface area contributed by atoms with Gasteiger partial charge in [0.05, 0.1) is 23.4 Å². The van der Waals surface area contributed by atoms with Gasteiger partial charge in [0.25, 0.3) is 5.89 Å². The Labute approximate surface area is 149 Å². The summed E-state index contributed by atoms with van der Waals surface area (Å²) in [5, 5.41) is 5.12. The summed E-state index contributed by atoms with van der Waals surface area (Å²) in [6, 6.07) is 6.89. The number of ether oxygens (including phenoxy) is 1. The van der Waals surface area contributed by atoms with E-state index in [2.05, 4.69) is 29.0 Å². The molecule has 0 amide bonds. The Kier molecular flexibility index (Phi) is 4.94. The number of nitrogens with zero attached hydrogens (tertiary/aromatic N) is 3. The van der Waals surface area contributed by atoms with Gasteiger partial charge in [-0.25, -0.2) is 9.78 Å². The van der Waals surface area contributed by atoms with Gasteiger partial charge in [-0.05, 0) is 25.0 Å². The Bertz CT molecular complexity index is 881. The molecule has 6 nitrogen and oxygen atoms in total. The number of rotatable bonds is 5. The van der Waals surface area contributed by atoms with Gasteiger partial charge in [0, 0.05) is 12.0 Å². The van der Waals surface area contributed by atoms with E-state index in [1.807, 2.05) is 6.92 Å². The lowest BCUT2D eigenvalue weighted by Gasteiger charge is -1.99. The van der Waals surface area contributed by atoms with Crippen LogP contribution in [0.4, 0.5) is 0 Å². The number of aryl methyl sites for hydroxylation is 1. The summed E-state index contributed by atoms with van der Waals surface area (Å²) in [5.74, 6) is 1.12. The Balaban J connectivity index is 1.85.